The van der Waals surface area contributed by atoms with Crippen molar-refractivity contribution >= 4 is 11.6 Å². The Morgan fingerprint density at radius 1 is 1.35 bits per heavy atom. The minimum atomic E-state index is 0.996. The maximum atomic E-state index is 4.63. The zero-order valence-electron chi connectivity index (χ0n) is 11.1. The molecule has 1 heterocycles. The molecule has 1 rings (SSSR count). The molecule has 2 heteroatoms. The SMILES string of the molecule is C=C/C=C\c1nc(/C(C)=C/C=C\C)n(C)c1C. The summed E-state index contributed by atoms with van der Waals surface area (Å²) >= 11 is 0. The van der Waals surface area contributed by atoms with Crippen LogP contribution in [0, 0.1) is 6.92 Å². The Morgan fingerprint density at radius 3 is 2.65 bits per heavy atom. The number of rotatable bonds is 4. The number of hydrogen-bond acceptors (Lipinski definition) is 1. The first-order valence-electron chi connectivity index (χ1n) is 5.74. The number of aromatic nitrogens is 2. The molecule has 0 aliphatic heterocycles. The lowest BCUT2D eigenvalue weighted by Crippen LogP contribution is -1.96. The summed E-state index contributed by atoms with van der Waals surface area (Å²) in [6.07, 6.45) is 11.8. The van der Waals surface area contributed by atoms with Gasteiger partial charge in [0, 0.05) is 12.7 Å². The Hall–Kier alpha value is -1.83. The van der Waals surface area contributed by atoms with Crippen molar-refractivity contribution in [3.63, 3.8) is 0 Å². The summed E-state index contributed by atoms with van der Waals surface area (Å²) < 4.78 is 2.11. The second kappa shape index (κ2) is 6.04. The van der Waals surface area contributed by atoms with Gasteiger partial charge in [-0.2, -0.15) is 0 Å². The molecule has 0 fully saturated rings. The van der Waals surface area contributed by atoms with E-state index in [0.717, 1.165) is 22.8 Å². The fourth-order valence-electron chi connectivity index (χ4n) is 1.59. The van der Waals surface area contributed by atoms with Gasteiger partial charge in [-0.3, -0.25) is 0 Å². The van der Waals surface area contributed by atoms with E-state index < -0.39 is 0 Å². The summed E-state index contributed by atoms with van der Waals surface area (Å²) in [4.78, 5) is 4.63. The lowest BCUT2D eigenvalue weighted by molar-refractivity contribution is 0.853. The van der Waals surface area contributed by atoms with Crippen molar-refractivity contribution in [1.82, 2.24) is 9.55 Å². The lowest BCUT2D eigenvalue weighted by Gasteiger charge is -2.01. The monoisotopic (exact) mass is 228 g/mol. The van der Waals surface area contributed by atoms with Gasteiger partial charge in [-0.25, -0.2) is 4.98 Å². The zero-order valence-corrected chi connectivity index (χ0v) is 11.1. The van der Waals surface area contributed by atoms with Crippen molar-refractivity contribution in [2.75, 3.05) is 0 Å². The van der Waals surface area contributed by atoms with E-state index in [0.29, 0.717) is 0 Å². The Labute approximate surface area is 104 Å². The van der Waals surface area contributed by atoms with E-state index in [1.54, 1.807) is 6.08 Å². The molecule has 0 saturated carbocycles. The van der Waals surface area contributed by atoms with Crippen LogP contribution in [-0.2, 0) is 7.05 Å². The molecule has 0 atom stereocenters. The first-order valence-corrected chi connectivity index (χ1v) is 5.74. The van der Waals surface area contributed by atoms with Crippen LogP contribution in [0.15, 0.2) is 37.0 Å². The largest absolute Gasteiger partial charge is 0.331 e. The second-order valence-corrected chi connectivity index (χ2v) is 3.94. The van der Waals surface area contributed by atoms with Gasteiger partial charge in [0.2, 0.25) is 0 Å². The second-order valence-electron chi connectivity index (χ2n) is 3.94. The van der Waals surface area contributed by atoms with Crippen molar-refractivity contribution in [3.05, 3.63) is 54.2 Å². The van der Waals surface area contributed by atoms with Crippen molar-refractivity contribution in [2.45, 2.75) is 20.8 Å². The van der Waals surface area contributed by atoms with Crippen LogP contribution in [0.3, 0.4) is 0 Å². The van der Waals surface area contributed by atoms with Crippen LogP contribution in [0.4, 0.5) is 0 Å². The molecule has 2 nitrogen and oxygen atoms in total. The Kier molecular flexibility index (Phi) is 4.70. The smallest absolute Gasteiger partial charge is 0.136 e. The van der Waals surface area contributed by atoms with Crippen molar-refractivity contribution < 1.29 is 0 Å². The predicted molar refractivity (Wildman–Crippen MR) is 75.6 cm³/mol. The standard InChI is InChI=1S/C15H20N2/c1-6-8-10-12(3)15-16-14(11-9-7-2)13(4)17(15)5/h6-11H,2H2,1,3-5H3/b8-6-,11-9-,12-10+. The van der Waals surface area contributed by atoms with E-state index in [4.69, 9.17) is 0 Å². The summed E-state index contributed by atoms with van der Waals surface area (Å²) in [6, 6.07) is 0. The summed E-state index contributed by atoms with van der Waals surface area (Å²) in [7, 11) is 2.04. The van der Waals surface area contributed by atoms with E-state index in [1.807, 2.05) is 38.3 Å². The van der Waals surface area contributed by atoms with E-state index in [2.05, 4.69) is 36.1 Å². The van der Waals surface area contributed by atoms with E-state index in [-0.39, 0.29) is 0 Å². The first kappa shape index (κ1) is 13.2. The highest BCUT2D eigenvalue weighted by molar-refractivity contribution is 5.63. The van der Waals surface area contributed by atoms with Gasteiger partial charge in [-0.05, 0) is 32.4 Å². The number of hydrogen-bond donors (Lipinski definition) is 0. The van der Waals surface area contributed by atoms with Gasteiger partial charge in [-0.15, -0.1) is 0 Å². The lowest BCUT2D eigenvalue weighted by atomic mass is 10.2. The van der Waals surface area contributed by atoms with Gasteiger partial charge in [0.25, 0.3) is 0 Å². The van der Waals surface area contributed by atoms with E-state index in [9.17, 15) is 0 Å². The average Bonchev–Trinajstić information content (AvgIpc) is 2.61. The molecule has 0 aliphatic carbocycles. The number of nitrogens with zero attached hydrogens (tertiary/aromatic N) is 2. The highest BCUT2D eigenvalue weighted by Gasteiger charge is 2.09. The molecule has 0 amide bonds. The molecule has 0 aromatic carbocycles. The van der Waals surface area contributed by atoms with Crippen LogP contribution < -0.4 is 0 Å². The highest BCUT2D eigenvalue weighted by Crippen LogP contribution is 2.18. The van der Waals surface area contributed by atoms with Crippen LogP contribution in [0.2, 0.25) is 0 Å². The van der Waals surface area contributed by atoms with Gasteiger partial charge in [-0.1, -0.05) is 37.0 Å². The maximum absolute atomic E-state index is 4.63. The topological polar surface area (TPSA) is 17.8 Å². The fraction of sp³-hybridized carbons (Fsp3) is 0.267. The normalized spacial score (nSPS) is 12.8. The first-order chi connectivity index (χ1) is 8.11. The minimum Gasteiger partial charge on any atom is -0.331 e. The summed E-state index contributed by atoms with van der Waals surface area (Å²) in [5, 5.41) is 0. The van der Waals surface area contributed by atoms with Crippen LogP contribution in [0.25, 0.3) is 11.6 Å². The minimum absolute atomic E-state index is 0.996. The molecule has 0 spiro atoms. The third-order valence-electron chi connectivity index (χ3n) is 2.70. The molecule has 0 aliphatic rings. The molecule has 90 valence electrons. The molecule has 0 bridgehead atoms. The van der Waals surface area contributed by atoms with Gasteiger partial charge < -0.3 is 4.57 Å². The molecular formula is C15H20N2. The summed E-state index contributed by atoms with van der Waals surface area (Å²) in [6.45, 7) is 9.82. The molecule has 0 saturated heterocycles. The van der Waals surface area contributed by atoms with Crippen LogP contribution in [0.5, 0.6) is 0 Å². The van der Waals surface area contributed by atoms with Crippen molar-refractivity contribution in [3.8, 4) is 0 Å². The Bertz CT molecular complexity index is 485. The third-order valence-corrected chi connectivity index (χ3v) is 2.70. The van der Waals surface area contributed by atoms with Gasteiger partial charge in [0.1, 0.15) is 5.82 Å². The molecule has 1 aromatic heterocycles. The Balaban J connectivity index is 3.19. The number of imidazole rings is 1. The molecule has 0 unspecified atom stereocenters. The van der Waals surface area contributed by atoms with Crippen LogP contribution in [0.1, 0.15) is 31.1 Å². The van der Waals surface area contributed by atoms with Crippen molar-refractivity contribution in [1.29, 1.82) is 0 Å². The molecular weight excluding hydrogens is 208 g/mol. The van der Waals surface area contributed by atoms with Crippen LogP contribution in [-0.4, -0.2) is 9.55 Å². The quantitative estimate of drug-likeness (QED) is 0.714. The number of allylic oxidation sites excluding steroid dienone is 6. The van der Waals surface area contributed by atoms with Gasteiger partial charge >= 0.3 is 0 Å². The van der Waals surface area contributed by atoms with Crippen LogP contribution >= 0.6 is 0 Å². The predicted octanol–water partition coefficient (Wildman–Crippen LogP) is 3.91. The summed E-state index contributed by atoms with van der Waals surface area (Å²) in [5.41, 5.74) is 3.31. The zero-order chi connectivity index (χ0) is 12.8. The van der Waals surface area contributed by atoms with E-state index >= 15 is 0 Å². The summed E-state index contributed by atoms with van der Waals surface area (Å²) in [5.74, 6) is 1.00. The highest BCUT2D eigenvalue weighted by atomic mass is 15.1. The van der Waals surface area contributed by atoms with Crippen molar-refractivity contribution in [2.24, 2.45) is 7.05 Å². The molecule has 17 heavy (non-hydrogen) atoms. The Morgan fingerprint density at radius 2 is 2.06 bits per heavy atom. The maximum Gasteiger partial charge on any atom is 0.136 e. The third kappa shape index (κ3) is 3.06. The molecule has 1 aromatic rings. The van der Waals surface area contributed by atoms with Gasteiger partial charge in [0.15, 0.2) is 0 Å². The van der Waals surface area contributed by atoms with E-state index in [1.165, 1.54) is 0 Å². The molecule has 0 N–H and O–H groups in total. The van der Waals surface area contributed by atoms with Gasteiger partial charge in [0.05, 0.1) is 5.69 Å². The average molecular weight is 228 g/mol. The fourth-order valence-corrected chi connectivity index (χ4v) is 1.59. The molecule has 0 radical (unpaired) electrons.